The van der Waals surface area contributed by atoms with E-state index < -0.39 is 43.1 Å². The highest BCUT2D eigenvalue weighted by Gasteiger charge is 2.76. The molecule has 9 heteroatoms. The average Bonchev–Trinajstić information content (AvgIpc) is 3.42. The lowest BCUT2D eigenvalue weighted by atomic mass is 9.63. The largest absolute Gasteiger partial charge is 0.454 e. The number of carbonyl (C=O) groups excluding carboxylic acids is 1. The van der Waals surface area contributed by atoms with Crippen molar-refractivity contribution in [2.24, 2.45) is 23.2 Å². The Morgan fingerprint density at radius 3 is 2.59 bits per heavy atom. The number of rotatable bonds is 3. The molecule has 0 aromatic rings. The van der Waals surface area contributed by atoms with Crippen LogP contribution in [0.5, 0.6) is 0 Å². The number of hydrogen-bond acceptors (Lipinski definition) is 9. The Hall–Kier alpha value is -1.07. The molecule has 5 aliphatic rings. The van der Waals surface area contributed by atoms with Crippen molar-refractivity contribution in [3.8, 4) is 0 Å². The summed E-state index contributed by atoms with van der Waals surface area (Å²) in [5.74, 6) is -2.22. The summed E-state index contributed by atoms with van der Waals surface area (Å²) in [6, 6.07) is 0. The van der Waals surface area contributed by atoms with Crippen molar-refractivity contribution in [2.45, 2.75) is 75.7 Å². The van der Waals surface area contributed by atoms with Gasteiger partial charge in [-0.3, -0.25) is 0 Å². The van der Waals surface area contributed by atoms with E-state index in [9.17, 15) is 30.3 Å². The maximum absolute atomic E-state index is 12.0. The fourth-order valence-electron chi connectivity index (χ4n) is 6.29. The van der Waals surface area contributed by atoms with Gasteiger partial charge in [0.2, 0.25) is 0 Å². The normalized spacial score (nSPS) is 56.0. The molecule has 162 valence electrons. The van der Waals surface area contributed by atoms with E-state index in [1.807, 2.05) is 0 Å². The van der Waals surface area contributed by atoms with Crippen molar-refractivity contribution in [2.75, 3.05) is 6.61 Å². The van der Waals surface area contributed by atoms with E-state index in [0.717, 1.165) is 12.0 Å². The SMILES string of the molecule is CC1=C2C[C@@H]3[C@@](C)(CC2OC1=O)[C@@H]1C[C@@H]1[C@]3(O)O[C@@H]1O[C@H](CO)[C@@H](O)[C@H](O)[C@H]1O. The average molecular weight is 412 g/mol. The molecule has 4 fully saturated rings. The lowest BCUT2D eigenvalue weighted by molar-refractivity contribution is -0.378. The lowest BCUT2D eigenvalue weighted by Crippen LogP contribution is -2.62. The van der Waals surface area contributed by atoms with E-state index in [0.29, 0.717) is 18.4 Å². The van der Waals surface area contributed by atoms with Gasteiger partial charge in [-0.1, -0.05) is 6.92 Å². The van der Waals surface area contributed by atoms with Crippen LogP contribution in [0.1, 0.15) is 33.1 Å². The third-order valence-corrected chi connectivity index (χ3v) is 8.09. The molecule has 1 saturated heterocycles. The van der Waals surface area contributed by atoms with Crippen molar-refractivity contribution in [3.05, 3.63) is 11.1 Å². The second-order valence-corrected chi connectivity index (χ2v) is 9.53. The number of ether oxygens (including phenoxy) is 3. The topological polar surface area (TPSA) is 146 Å². The molecule has 0 aromatic carbocycles. The molecule has 0 bridgehead atoms. The third-order valence-electron chi connectivity index (χ3n) is 8.09. The molecule has 2 aliphatic heterocycles. The van der Waals surface area contributed by atoms with Crippen molar-refractivity contribution in [1.29, 1.82) is 0 Å². The molecular formula is C20H28O9. The highest BCUT2D eigenvalue weighted by Crippen LogP contribution is 2.74. The molecule has 3 saturated carbocycles. The van der Waals surface area contributed by atoms with Crippen LogP contribution in [0, 0.1) is 23.2 Å². The minimum Gasteiger partial charge on any atom is -0.454 e. The zero-order valence-corrected chi connectivity index (χ0v) is 16.4. The van der Waals surface area contributed by atoms with Crippen LogP contribution in [0.15, 0.2) is 11.1 Å². The van der Waals surface area contributed by atoms with Crippen molar-refractivity contribution in [1.82, 2.24) is 0 Å². The summed E-state index contributed by atoms with van der Waals surface area (Å²) in [5.41, 5.74) is 1.16. The van der Waals surface area contributed by atoms with Crippen LogP contribution in [0.3, 0.4) is 0 Å². The Labute approximate surface area is 167 Å². The zero-order valence-electron chi connectivity index (χ0n) is 16.4. The molecule has 5 rings (SSSR count). The standard InChI is InChI=1S/C20H28O9/c1-7-8-3-13-19(2,5-11(8)27-17(7)25)9-4-10(9)20(13,26)29-18-16(24)15(23)14(22)12(6-21)28-18/h9-16,18,21-24,26H,3-6H2,1-2H3/t9-,10+,11?,12-,13-,14-,15+,16-,18+,19+,20+/m1/s1. The molecule has 9 nitrogen and oxygen atoms in total. The minimum atomic E-state index is -1.61. The highest BCUT2D eigenvalue weighted by atomic mass is 16.8. The van der Waals surface area contributed by atoms with E-state index in [1.54, 1.807) is 6.92 Å². The molecular weight excluding hydrogens is 384 g/mol. The van der Waals surface area contributed by atoms with Crippen molar-refractivity contribution >= 4 is 5.97 Å². The van der Waals surface area contributed by atoms with E-state index in [2.05, 4.69) is 6.92 Å². The molecule has 29 heavy (non-hydrogen) atoms. The molecule has 0 radical (unpaired) electrons. The molecule has 5 N–H and O–H groups in total. The molecule has 0 spiro atoms. The van der Waals surface area contributed by atoms with Gasteiger partial charge in [-0.15, -0.1) is 0 Å². The van der Waals surface area contributed by atoms with Crippen LogP contribution in [0.4, 0.5) is 0 Å². The Kier molecular flexibility index (Phi) is 4.27. The number of esters is 1. The van der Waals surface area contributed by atoms with Crippen LogP contribution in [0.25, 0.3) is 0 Å². The third kappa shape index (κ3) is 2.56. The summed E-state index contributed by atoms with van der Waals surface area (Å²) < 4.78 is 17.0. The first-order valence-electron chi connectivity index (χ1n) is 10.2. The molecule has 2 heterocycles. The second-order valence-electron chi connectivity index (χ2n) is 9.53. The minimum absolute atomic E-state index is 0.152. The van der Waals surface area contributed by atoms with E-state index >= 15 is 0 Å². The Balaban J connectivity index is 1.44. The first kappa shape index (κ1) is 19.9. The van der Waals surface area contributed by atoms with E-state index in [1.165, 1.54) is 0 Å². The van der Waals surface area contributed by atoms with Gasteiger partial charge in [0.1, 0.15) is 30.5 Å². The Morgan fingerprint density at radius 1 is 1.17 bits per heavy atom. The van der Waals surface area contributed by atoms with Crippen molar-refractivity contribution in [3.63, 3.8) is 0 Å². The molecule has 1 unspecified atom stereocenters. The van der Waals surface area contributed by atoms with Crippen LogP contribution < -0.4 is 0 Å². The quantitative estimate of drug-likeness (QED) is 0.285. The first-order chi connectivity index (χ1) is 13.6. The monoisotopic (exact) mass is 412 g/mol. The zero-order chi connectivity index (χ0) is 20.9. The first-order valence-corrected chi connectivity index (χ1v) is 10.2. The van der Waals surface area contributed by atoms with Crippen LogP contribution in [-0.2, 0) is 19.0 Å². The second kappa shape index (κ2) is 6.23. The highest BCUT2D eigenvalue weighted by molar-refractivity contribution is 5.91. The number of carbonyl (C=O) groups is 1. The number of fused-ring (bicyclic) bond motifs is 4. The van der Waals surface area contributed by atoms with E-state index in [4.69, 9.17) is 14.2 Å². The Morgan fingerprint density at radius 2 is 1.90 bits per heavy atom. The number of aliphatic hydroxyl groups is 5. The summed E-state index contributed by atoms with van der Waals surface area (Å²) in [6.07, 6.45) is -5.60. The summed E-state index contributed by atoms with van der Waals surface area (Å²) in [4.78, 5) is 12.0. The van der Waals surface area contributed by atoms with Gasteiger partial charge in [-0.25, -0.2) is 4.79 Å². The van der Waals surface area contributed by atoms with Gasteiger partial charge in [0.25, 0.3) is 0 Å². The molecule has 11 atom stereocenters. The summed E-state index contributed by atoms with van der Waals surface area (Å²) in [6.45, 7) is 3.24. The maximum Gasteiger partial charge on any atom is 0.334 e. The summed E-state index contributed by atoms with van der Waals surface area (Å²) in [5, 5.41) is 51.4. The molecule has 3 aliphatic carbocycles. The van der Waals surface area contributed by atoms with Gasteiger partial charge >= 0.3 is 5.97 Å². The molecule has 0 amide bonds. The van der Waals surface area contributed by atoms with Crippen LogP contribution in [-0.4, -0.2) is 80.7 Å². The fourth-order valence-corrected chi connectivity index (χ4v) is 6.29. The fraction of sp³-hybridized carbons (Fsp3) is 0.850. The van der Waals surface area contributed by atoms with Gasteiger partial charge in [-0.05, 0) is 43.1 Å². The number of aliphatic hydroxyl groups excluding tert-OH is 4. The van der Waals surface area contributed by atoms with Gasteiger partial charge < -0.3 is 39.7 Å². The smallest absolute Gasteiger partial charge is 0.334 e. The number of hydrogen-bond donors (Lipinski definition) is 5. The van der Waals surface area contributed by atoms with Gasteiger partial charge in [0, 0.05) is 17.4 Å². The van der Waals surface area contributed by atoms with Crippen LogP contribution in [0.2, 0.25) is 0 Å². The van der Waals surface area contributed by atoms with Crippen molar-refractivity contribution < 1.29 is 44.5 Å². The van der Waals surface area contributed by atoms with Gasteiger partial charge in [-0.2, -0.15) is 0 Å². The van der Waals surface area contributed by atoms with E-state index in [-0.39, 0.29) is 35.2 Å². The molecule has 0 aromatic heterocycles. The maximum atomic E-state index is 12.0. The van der Waals surface area contributed by atoms with Gasteiger partial charge in [0.15, 0.2) is 12.1 Å². The van der Waals surface area contributed by atoms with Gasteiger partial charge in [0.05, 0.1) is 6.61 Å². The lowest BCUT2D eigenvalue weighted by Gasteiger charge is -2.49. The summed E-state index contributed by atoms with van der Waals surface area (Å²) >= 11 is 0. The predicted molar refractivity (Wildman–Crippen MR) is 94.8 cm³/mol. The summed E-state index contributed by atoms with van der Waals surface area (Å²) in [7, 11) is 0. The van der Waals surface area contributed by atoms with Crippen LogP contribution >= 0.6 is 0 Å². The predicted octanol–water partition coefficient (Wildman–Crippen LogP) is -1.20. The Bertz CT molecular complexity index is 765.